The molecule has 6 heteroatoms. The van der Waals surface area contributed by atoms with Crippen molar-refractivity contribution in [2.75, 3.05) is 20.3 Å². The van der Waals surface area contributed by atoms with Gasteiger partial charge in [-0.15, -0.1) is 0 Å². The second kappa shape index (κ2) is 7.68. The van der Waals surface area contributed by atoms with Gasteiger partial charge in [0, 0.05) is 30.4 Å². The van der Waals surface area contributed by atoms with Crippen LogP contribution in [0.4, 0.5) is 4.79 Å². The topological polar surface area (TPSA) is 72.5 Å². The third-order valence-electron chi connectivity index (χ3n) is 3.90. The summed E-state index contributed by atoms with van der Waals surface area (Å²) in [6, 6.07) is 11.3. The van der Waals surface area contributed by atoms with Crippen LogP contribution < -0.4 is 20.1 Å². The highest BCUT2D eigenvalue weighted by Crippen LogP contribution is 2.34. The number of ether oxygens (including phenoxy) is 2. The van der Waals surface area contributed by atoms with E-state index in [0.29, 0.717) is 19.6 Å². The van der Waals surface area contributed by atoms with E-state index in [1.807, 2.05) is 36.4 Å². The van der Waals surface area contributed by atoms with Crippen LogP contribution in [-0.2, 0) is 12.8 Å². The highest BCUT2D eigenvalue weighted by atomic mass is 16.5. The number of urea groups is 1. The predicted molar refractivity (Wildman–Crippen MR) is 90.5 cm³/mol. The van der Waals surface area contributed by atoms with Crippen molar-refractivity contribution in [2.45, 2.75) is 18.9 Å². The van der Waals surface area contributed by atoms with Crippen LogP contribution in [0.1, 0.15) is 11.3 Å². The zero-order valence-electron chi connectivity index (χ0n) is 13.6. The number of benzene rings is 1. The number of hydrogen-bond acceptors (Lipinski definition) is 4. The van der Waals surface area contributed by atoms with Gasteiger partial charge < -0.3 is 20.1 Å². The lowest BCUT2D eigenvalue weighted by Crippen LogP contribution is -2.47. The monoisotopic (exact) mass is 327 g/mol. The first kappa shape index (κ1) is 16.1. The lowest BCUT2D eigenvalue weighted by atomic mass is 10.0. The summed E-state index contributed by atoms with van der Waals surface area (Å²) in [6.45, 7) is 0.974. The van der Waals surface area contributed by atoms with Crippen LogP contribution in [0.15, 0.2) is 42.6 Å². The second-order valence-corrected chi connectivity index (χ2v) is 5.63. The number of rotatable bonds is 5. The van der Waals surface area contributed by atoms with Crippen molar-refractivity contribution >= 4 is 6.03 Å². The first-order chi connectivity index (χ1) is 11.8. The number of hydrogen-bond donors (Lipinski definition) is 2. The highest BCUT2D eigenvalue weighted by molar-refractivity contribution is 5.74. The van der Waals surface area contributed by atoms with Gasteiger partial charge in [0.1, 0.15) is 6.61 Å². The number of aromatic nitrogens is 1. The number of methoxy groups -OCH3 is 1. The first-order valence-corrected chi connectivity index (χ1v) is 7.99. The summed E-state index contributed by atoms with van der Waals surface area (Å²) < 4.78 is 11.0. The molecule has 2 amide bonds. The maximum Gasteiger partial charge on any atom is 0.315 e. The van der Waals surface area contributed by atoms with E-state index in [4.69, 9.17) is 9.47 Å². The molecule has 0 unspecified atom stereocenters. The minimum absolute atomic E-state index is 0.0561. The summed E-state index contributed by atoms with van der Waals surface area (Å²) in [5.74, 6) is 1.50. The van der Waals surface area contributed by atoms with E-state index >= 15 is 0 Å². The molecule has 2 N–H and O–H groups in total. The van der Waals surface area contributed by atoms with Crippen molar-refractivity contribution in [3.8, 4) is 11.5 Å². The van der Waals surface area contributed by atoms with Gasteiger partial charge in [-0.05, 0) is 24.6 Å². The summed E-state index contributed by atoms with van der Waals surface area (Å²) in [4.78, 5) is 16.2. The molecule has 126 valence electrons. The third-order valence-corrected chi connectivity index (χ3v) is 3.90. The van der Waals surface area contributed by atoms with Crippen molar-refractivity contribution in [3.05, 3.63) is 53.9 Å². The second-order valence-electron chi connectivity index (χ2n) is 5.63. The van der Waals surface area contributed by atoms with Gasteiger partial charge in [0.2, 0.25) is 0 Å². The van der Waals surface area contributed by atoms with Crippen molar-refractivity contribution in [3.63, 3.8) is 0 Å². The van der Waals surface area contributed by atoms with Crippen LogP contribution in [0, 0.1) is 0 Å². The predicted octanol–water partition coefficient (Wildman–Crippen LogP) is 1.94. The Labute approximate surface area is 141 Å². The lowest BCUT2D eigenvalue weighted by Gasteiger charge is -2.27. The van der Waals surface area contributed by atoms with Gasteiger partial charge >= 0.3 is 6.03 Å². The molecule has 2 heterocycles. The maximum absolute atomic E-state index is 12.0. The molecule has 1 aromatic carbocycles. The molecule has 0 spiro atoms. The number of carbonyl (C=O) groups excluding carboxylic acids is 1. The lowest BCUT2D eigenvalue weighted by molar-refractivity contribution is 0.210. The van der Waals surface area contributed by atoms with Gasteiger partial charge in [-0.1, -0.05) is 18.2 Å². The number of carbonyl (C=O) groups is 1. The summed E-state index contributed by atoms with van der Waals surface area (Å²) in [5.41, 5.74) is 2.00. The van der Waals surface area contributed by atoms with Crippen LogP contribution >= 0.6 is 0 Å². The Balaban J connectivity index is 1.47. The first-order valence-electron chi connectivity index (χ1n) is 7.99. The number of fused-ring (bicyclic) bond motifs is 1. The van der Waals surface area contributed by atoms with Crippen molar-refractivity contribution in [1.29, 1.82) is 0 Å². The molecule has 1 aliphatic heterocycles. The standard InChI is InChI=1S/C18H21N3O3/c1-23-16-7-4-5-13-11-15(12-24-17(13)16)21-18(22)20-10-8-14-6-2-3-9-19-14/h2-7,9,15H,8,10-12H2,1H3,(H2,20,21,22)/t15-/m0/s1. The largest absolute Gasteiger partial charge is 0.493 e. The smallest absolute Gasteiger partial charge is 0.315 e. The van der Waals surface area contributed by atoms with Crippen LogP contribution in [0.5, 0.6) is 11.5 Å². The fourth-order valence-corrected chi connectivity index (χ4v) is 2.73. The van der Waals surface area contributed by atoms with Crippen LogP contribution in [0.3, 0.4) is 0 Å². The van der Waals surface area contributed by atoms with Crippen molar-refractivity contribution in [2.24, 2.45) is 0 Å². The Hall–Kier alpha value is -2.76. The fourth-order valence-electron chi connectivity index (χ4n) is 2.73. The third kappa shape index (κ3) is 3.95. The average molecular weight is 327 g/mol. The number of para-hydroxylation sites is 1. The minimum Gasteiger partial charge on any atom is -0.493 e. The maximum atomic E-state index is 12.0. The Morgan fingerprint density at radius 2 is 2.25 bits per heavy atom. The quantitative estimate of drug-likeness (QED) is 0.880. The Bertz CT molecular complexity index is 691. The van der Waals surface area contributed by atoms with Gasteiger partial charge in [-0.2, -0.15) is 0 Å². The molecule has 24 heavy (non-hydrogen) atoms. The van der Waals surface area contributed by atoms with Gasteiger partial charge in [0.15, 0.2) is 11.5 Å². The number of nitrogens with one attached hydrogen (secondary N) is 2. The van der Waals surface area contributed by atoms with Crippen LogP contribution in [0.2, 0.25) is 0 Å². The molecule has 1 atom stereocenters. The minimum atomic E-state index is -0.189. The van der Waals surface area contributed by atoms with E-state index in [2.05, 4.69) is 15.6 Å². The van der Waals surface area contributed by atoms with E-state index in [0.717, 1.165) is 29.2 Å². The number of amides is 2. The normalized spacial score (nSPS) is 15.8. The zero-order chi connectivity index (χ0) is 16.8. The van der Waals surface area contributed by atoms with Crippen LogP contribution in [-0.4, -0.2) is 37.3 Å². The molecule has 0 saturated heterocycles. The Morgan fingerprint density at radius 1 is 1.33 bits per heavy atom. The van der Waals surface area contributed by atoms with Gasteiger partial charge in [0.05, 0.1) is 13.2 Å². The molecular formula is C18H21N3O3. The summed E-state index contributed by atoms with van der Waals surface area (Å²) in [5, 5.41) is 5.80. The highest BCUT2D eigenvalue weighted by Gasteiger charge is 2.23. The molecule has 0 fully saturated rings. The Morgan fingerprint density at radius 3 is 3.04 bits per heavy atom. The number of pyridine rings is 1. The zero-order valence-corrected chi connectivity index (χ0v) is 13.6. The SMILES string of the molecule is COc1cccc2c1OC[C@@H](NC(=O)NCCc1ccccn1)C2. The molecule has 1 aliphatic rings. The molecule has 0 saturated carbocycles. The van der Waals surface area contributed by atoms with Crippen molar-refractivity contribution < 1.29 is 14.3 Å². The van der Waals surface area contributed by atoms with E-state index in [9.17, 15) is 4.79 Å². The summed E-state index contributed by atoms with van der Waals surface area (Å²) >= 11 is 0. The Kier molecular flexibility index (Phi) is 5.15. The van der Waals surface area contributed by atoms with E-state index < -0.39 is 0 Å². The molecule has 0 radical (unpaired) electrons. The molecule has 0 aliphatic carbocycles. The van der Waals surface area contributed by atoms with Gasteiger partial charge in [-0.25, -0.2) is 4.79 Å². The molecule has 2 aromatic rings. The molecule has 1 aromatic heterocycles. The molecule has 0 bridgehead atoms. The van der Waals surface area contributed by atoms with E-state index in [-0.39, 0.29) is 12.1 Å². The average Bonchev–Trinajstić information content (AvgIpc) is 2.62. The molecule has 6 nitrogen and oxygen atoms in total. The van der Waals surface area contributed by atoms with Crippen molar-refractivity contribution in [1.82, 2.24) is 15.6 Å². The molecular weight excluding hydrogens is 306 g/mol. The van der Waals surface area contributed by atoms with E-state index in [1.54, 1.807) is 13.3 Å². The van der Waals surface area contributed by atoms with Gasteiger partial charge in [-0.3, -0.25) is 4.98 Å². The summed E-state index contributed by atoms with van der Waals surface area (Å²) in [7, 11) is 1.62. The summed E-state index contributed by atoms with van der Waals surface area (Å²) in [6.07, 6.45) is 3.18. The van der Waals surface area contributed by atoms with Crippen LogP contribution in [0.25, 0.3) is 0 Å². The number of nitrogens with zero attached hydrogens (tertiary/aromatic N) is 1. The van der Waals surface area contributed by atoms with E-state index in [1.165, 1.54) is 0 Å². The molecule has 3 rings (SSSR count). The fraction of sp³-hybridized carbons (Fsp3) is 0.333. The van der Waals surface area contributed by atoms with Gasteiger partial charge in [0.25, 0.3) is 0 Å².